The van der Waals surface area contributed by atoms with Gasteiger partial charge in [0.15, 0.2) is 5.78 Å². The minimum Gasteiger partial charge on any atom is -0.334 e. The van der Waals surface area contributed by atoms with E-state index in [-0.39, 0.29) is 5.78 Å². The Bertz CT molecular complexity index is 714. The zero-order chi connectivity index (χ0) is 12.5. The average Bonchev–Trinajstić information content (AvgIpc) is 2.80. The number of rotatable bonds is 2. The van der Waals surface area contributed by atoms with E-state index in [4.69, 9.17) is 0 Å². The zero-order valence-electron chi connectivity index (χ0n) is 10.00. The maximum atomic E-state index is 12.3. The first-order valence-electron chi connectivity index (χ1n) is 5.76. The Hall–Kier alpha value is -2.42. The molecule has 3 rings (SSSR count). The molecule has 0 fully saturated rings. The minimum atomic E-state index is 0.0405. The molecule has 2 aromatic carbocycles. The number of hydrogen-bond donors (Lipinski definition) is 0. The Morgan fingerprint density at radius 3 is 2.61 bits per heavy atom. The summed E-state index contributed by atoms with van der Waals surface area (Å²) in [6.07, 6.45) is 1.75. The number of ketones is 1. The van der Waals surface area contributed by atoms with Crippen LogP contribution in [0.15, 0.2) is 54.9 Å². The van der Waals surface area contributed by atoms with Crippen molar-refractivity contribution in [3.8, 4) is 0 Å². The molecule has 3 heteroatoms. The van der Waals surface area contributed by atoms with E-state index in [2.05, 4.69) is 4.98 Å². The van der Waals surface area contributed by atoms with Crippen LogP contribution in [0.1, 0.15) is 15.9 Å². The van der Waals surface area contributed by atoms with E-state index in [1.807, 2.05) is 60.1 Å². The number of hydrogen-bond acceptors (Lipinski definition) is 2. The topological polar surface area (TPSA) is 34.9 Å². The molecule has 1 heterocycles. The summed E-state index contributed by atoms with van der Waals surface area (Å²) in [4.78, 5) is 16.5. The summed E-state index contributed by atoms with van der Waals surface area (Å²) in [5.74, 6) is 0.0405. The lowest BCUT2D eigenvalue weighted by molar-refractivity contribution is 0.103. The lowest BCUT2D eigenvalue weighted by Gasteiger charge is -2.02. The quantitative estimate of drug-likeness (QED) is 0.641. The highest BCUT2D eigenvalue weighted by Crippen LogP contribution is 2.16. The third-order valence-electron chi connectivity index (χ3n) is 3.02. The molecule has 1 aromatic heterocycles. The Balaban J connectivity index is 2.09. The van der Waals surface area contributed by atoms with E-state index in [0.29, 0.717) is 11.1 Å². The fraction of sp³-hybridized carbons (Fsp3) is 0.0667. The van der Waals surface area contributed by atoms with Crippen molar-refractivity contribution in [1.29, 1.82) is 0 Å². The van der Waals surface area contributed by atoms with Crippen LogP contribution in [0.5, 0.6) is 0 Å². The van der Waals surface area contributed by atoms with E-state index >= 15 is 0 Å². The number of carbonyl (C=O) groups excluding carboxylic acids is 1. The van der Waals surface area contributed by atoms with Gasteiger partial charge in [-0.25, -0.2) is 4.98 Å². The predicted octanol–water partition coefficient (Wildman–Crippen LogP) is 2.80. The Morgan fingerprint density at radius 1 is 1.06 bits per heavy atom. The summed E-state index contributed by atoms with van der Waals surface area (Å²) in [6, 6.07) is 14.9. The minimum absolute atomic E-state index is 0.0405. The van der Waals surface area contributed by atoms with Crippen LogP contribution in [0.2, 0.25) is 0 Å². The van der Waals surface area contributed by atoms with Gasteiger partial charge in [-0.3, -0.25) is 4.79 Å². The molecule has 0 saturated carbocycles. The van der Waals surface area contributed by atoms with Gasteiger partial charge in [0.05, 0.1) is 17.4 Å². The van der Waals surface area contributed by atoms with Crippen LogP contribution >= 0.6 is 0 Å². The molecule has 0 aliphatic heterocycles. The van der Waals surface area contributed by atoms with Gasteiger partial charge < -0.3 is 4.57 Å². The molecule has 0 radical (unpaired) electrons. The van der Waals surface area contributed by atoms with Crippen molar-refractivity contribution in [3.05, 3.63) is 66.0 Å². The maximum Gasteiger partial charge on any atom is 0.193 e. The molecule has 0 aliphatic carbocycles. The number of imidazole rings is 1. The van der Waals surface area contributed by atoms with Crippen molar-refractivity contribution < 1.29 is 4.79 Å². The number of nitrogens with zero attached hydrogens (tertiary/aromatic N) is 2. The van der Waals surface area contributed by atoms with Crippen molar-refractivity contribution in [3.63, 3.8) is 0 Å². The van der Waals surface area contributed by atoms with Crippen LogP contribution < -0.4 is 0 Å². The highest BCUT2D eigenvalue weighted by molar-refractivity contribution is 6.10. The van der Waals surface area contributed by atoms with Crippen molar-refractivity contribution in [1.82, 2.24) is 9.55 Å². The summed E-state index contributed by atoms with van der Waals surface area (Å²) < 4.78 is 1.91. The molecule has 0 unspecified atom stereocenters. The summed E-state index contributed by atoms with van der Waals surface area (Å²) in [5.41, 5.74) is 3.27. The second kappa shape index (κ2) is 4.11. The lowest BCUT2D eigenvalue weighted by atomic mass is 10.0. The molecule has 0 aliphatic rings. The van der Waals surface area contributed by atoms with Gasteiger partial charge >= 0.3 is 0 Å². The van der Waals surface area contributed by atoms with Crippen molar-refractivity contribution >= 4 is 16.8 Å². The molecule has 0 amide bonds. The Kier molecular flexibility index (Phi) is 2.45. The van der Waals surface area contributed by atoms with Crippen LogP contribution in [0, 0.1) is 0 Å². The van der Waals surface area contributed by atoms with Gasteiger partial charge in [0, 0.05) is 18.2 Å². The van der Waals surface area contributed by atoms with Gasteiger partial charge in [-0.15, -0.1) is 0 Å². The first-order valence-corrected chi connectivity index (χ1v) is 5.76. The molecule has 0 atom stereocenters. The Labute approximate surface area is 105 Å². The number of aryl methyl sites for hydroxylation is 1. The Morgan fingerprint density at radius 2 is 1.83 bits per heavy atom. The van der Waals surface area contributed by atoms with Gasteiger partial charge in [-0.05, 0) is 18.2 Å². The molecule has 0 bridgehead atoms. The predicted molar refractivity (Wildman–Crippen MR) is 70.6 cm³/mol. The number of fused-ring (bicyclic) bond motifs is 1. The zero-order valence-corrected chi connectivity index (χ0v) is 10.00. The average molecular weight is 236 g/mol. The van der Waals surface area contributed by atoms with Crippen LogP contribution in [0.3, 0.4) is 0 Å². The van der Waals surface area contributed by atoms with Crippen LogP contribution in [-0.4, -0.2) is 15.3 Å². The van der Waals surface area contributed by atoms with E-state index in [0.717, 1.165) is 11.0 Å². The van der Waals surface area contributed by atoms with Gasteiger partial charge in [0.2, 0.25) is 0 Å². The summed E-state index contributed by atoms with van der Waals surface area (Å²) in [5, 5.41) is 0. The fourth-order valence-corrected chi connectivity index (χ4v) is 2.02. The third-order valence-corrected chi connectivity index (χ3v) is 3.02. The van der Waals surface area contributed by atoms with Crippen molar-refractivity contribution in [2.24, 2.45) is 7.05 Å². The second-order valence-electron chi connectivity index (χ2n) is 4.25. The van der Waals surface area contributed by atoms with E-state index in [9.17, 15) is 4.79 Å². The molecular formula is C15H12N2O. The van der Waals surface area contributed by atoms with Crippen LogP contribution in [0.4, 0.5) is 0 Å². The highest BCUT2D eigenvalue weighted by atomic mass is 16.1. The van der Waals surface area contributed by atoms with Gasteiger partial charge in [-0.1, -0.05) is 30.3 Å². The number of aromatic nitrogens is 2. The van der Waals surface area contributed by atoms with Crippen molar-refractivity contribution in [2.45, 2.75) is 0 Å². The maximum absolute atomic E-state index is 12.3. The molecular weight excluding hydrogens is 224 g/mol. The monoisotopic (exact) mass is 236 g/mol. The normalized spacial score (nSPS) is 10.7. The highest BCUT2D eigenvalue weighted by Gasteiger charge is 2.10. The van der Waals surface area contributed by atoms with Gasteiger partial charge in [0.1, 0.15) is 0 Å². The summed E-state index contributed by atoms with van der Waals surface area (Å²) in [6.45, 7) is 0. The standard InChI is InChI=1S/C15H12N2O/c1-17-10-16-13-8-7-12(9-14(13)17)15(18)11-5-3-2-4-6-11/h2-10H,1H3. The first kappa shape index (κ1) is 10.7. The molecule has 3 aromatic rings. The number of benzene rings is 2. The second-order valence-corrected chi connectivity index (χ2v) is 4.25. The number of carbonyl (C=O) groups is 1. The van der Waals surface area contributed by atoms with E-state index < -0.39 is 0 Å². The van der Waals surface area contributed by atoms with Gasteiger partial charge in [-0.2, -0.15) is 0 Å². The summed E-state index contributed by atoms with van der Waals surface area (Å²) >= 11 is 0. The summed E-state index contributed by atoms with van der Waals surface area (Å²) in [7, 11) is 1.92. The lowest BCUT2D eigenvalue weighted by Crippen LogP contribution is -2.01. The molecule has 18 heavy (non-hydrogen) atoms. The molecule has 88 valence electrons. The first-order chi connectivity index (χ1) is 8.75. The van der Waals surface area contributed by atoms with Crippen LogP contribution in [0.25, 0.3) is 11.0 Å². The van der Waals surface area contributed by atoms with Crippen molar-refractivity contribution in [2.75, 3.05) is 0 Å². The molecule has 0 N–H and O–H groups in total. The fourth-order valence-electron chi connectivity index (χ4n) is 2.02. The van der Waals surface area contributed by atoms with E-state index in [1.165, 1.54) is 0 Å². The largest absolute Gasteiger partial charge is 0.334 e. The van der Waals surface area contributed by atoms with Crippen LogP contribution in [-0.2, 0) is 7.05 Å². The molecule has 3 nitrogen and oxygen atoms in total. The van der Waals surface area contributed by atoms with Gasteiger partial charge in [0.25, 0.3) is 0 Å². The van der Waals surface area contributed by atoms with E-state index in [1.54, 1.807) is 6.33 Å². The third kappa shape index (κ3) is 1.70. The molecule has 0 spiro atoms. The SMILES string of the molecule is Cn1cnc2ccc(C(=O)c3ccccc3)cc21. The smallest absolute Gasteiger partial charge is 0.193 e. The molecule has 0 saturated heterocycles.